The maximum Gasteiger partial charge on any atom is 0.402 e. The summed E-state index contributed by atoms with van der Waals surface area (Å²) in [6.45, 7) is 4.55. The van der Waals surface area contributed by atoms with Crippen molar-refractivity contribution in [3.05, 3.63) is 123 Å². The number of fused-ring (bicyclic) bond motifs is 2. The Hall–Kier alpha value is -6.44. The van der Waals surface area contributed by atoms with E-state index in [9.17, 15) is 33.6 Å². The van der Waals surface area contributed by atoms with Gasteiger partial charge in [-0.05, 0) is 73.0 Å². The summed E-state index contributed by atoms with van der Waals surface area (Å²) < 4.78 is 55.7. The summed E-state index contributed by atoms with van der Waals surface area (Å²) >= 11 is 0. The maximum atomic E-state index is 15.1. The molecule has 2 aliphatic rings. The van der Waals surface area contributed by atoms with Crippen LogP contribution in [-0.2, 0) is 15.0 Å². The molecule has 4 amide bonds. The first-order valence-electron chi connectivity index (χ1n) is 15.6. The van der Waals surface area contributed by atoms with Crippen molar-refractivity contribution in [2.45, 2.75) is 39.3 Å². The summed E-state index contributed by atoms with van der Waals surface area (Å²) in [5.41, 5.74) is -3.97. The van der Waals surface area contributed by atoms with Crippen LogP contribution in [0.4, 0.5) is 18.9 Å². The molecule has 0 bridgehead atoms. The first-order chi connectivity index (χ1) is 24.3. The number of halogens is 3. The number of benzene rings is 4. The number of ether oxygens (including phenoxy) is 2. The predicted molar refractivity (Wildman–Crippen MR) is 177 cm³/mol. The maximum absolute atomic E-state index is 15.1. The number of rotatable bonds is 7. The number of esters is 2. The standard InChI is InChI=1S/C38H27F3N2O9/c1-18-14-23(8-12-30(18)51-19(2)44)37(4,38(39,40)41)24-9-13-31(52-20(3)45)29(17-24)43-35(49)26-11-7-22(16-28(26)36(43)50)32(46)21-6-10-25-27(15-21)34(48)42(5)33(25)47/h6-17H,1-5H3. The minimum absolute atomic E-state index is 0.0242. The third kappa shape index (κ3) is 5.61. The van der Waals surface area contributed by atoms with Crippen LogP contribution in [0.15, 0.2) is 72.8 Å². The van der Waals surface area contributed by atoms with Gasteiger partial charge >= 0.3 is 18.1 Å². The van der Waals surface area contributed by atoms with Crippen LogP contribution in [0.3, 0.4) is 0 Å². The largest absolute Gasteiger partial charge is 0.426 e. The third-order valence-electron chi connectivity index (χ3n) is 9.10. The van der Waals surface area contributed by atoms with Gasteiger partial charge in [0.2, 0.25) is 0 Å². The molecule has 52 heavy (non-hydrogen) atoms. The molecule has 6 rings (SSSR count). The number of alkyl halides is 3. The Balaban J connectivity index is 1.42. The highest BCUT2D eigenvalue weighted by Gasteiger charge is 2.54. The number of nitrogens with zero attached hydrogens (tertiary/aromatic N) is 2. The smallest absolute Gasteiger partial charge is 0.402 e. The molecule has 0 radical (unpaired) electrons. The Labute approximate surface area is 293 Å². The molecule has 0 N–H and O–H groups in total. The van der Waals surface area contributed by atoms with Gasteiger partial charge in [-0.3, -0.25) is 38.5 Å². The predicted octanol–water partition coefficient (Wildman–Crippen LogP) is 5.97. The number of hydrogen-bond acceptors (Lipinski definition) is 9. The van der Waals surface area contributed by atoms with Crippen molar-refractivity contribution in [2.75, 3.05) is 11.9 Å². The van der Waals surface area contributed by atoms with E-state index in [1.54, 1.807) is 0 Å². The van der Waals surface area contributed by atoms with Gasteiger partial charge in [0, 0.05) is 32.0 Å². The summed E-state index contributed by atoms with van der Waals surface area (Å²) in [6.07, 6.45) is -4.95. The highest BCUT2D eigenvalue weighted by molar-refractivity contribution is 6.35. The van der Waals surface area contributed by atoms with Gasteiger partial charge in [0.05, 0.1) is 27.9 Å². The lowest BCUT2D eigenvalue weighted by Crippen LogP contribution is -2.41. The number of imide groups is 2. The molecular formula is C38H27F3N2O9. The molecule has 2 aliphatic heterocycles. The van der Waals surface area contributed by atoms with Crippen LogP contribution in [0, 0.1) is 6.92 Å². The molecule has 11 nitrogen and oxygen atoms in total. The van der Waals surface area contributed by atoms with Crippen LogP contribution in [0.25, 0.3) is 0 Å². The zero-order chi connectivity index (χ0) is 38.0. The number of carbonyl (C=O) groups is 7. The number of anilines is 1. The number of aryl methyl sites for hydroxylation is 1. The SMILES string of the molecule is CC(=O)Oc1ccc(C(C)(c2ccc(OC(C)=O)c(N3C(=O)c4ccc(C(=O)c5ccc6c(c5)C(=O)N(C)C6=O)cc4C3=O)c2)C(F)(F)F)cc1C. The zero-order valence-corrected chi connectivity index (χ0v) is 28.1. The van der Waals surface area contributed by atoms with Crippen LogP contribution < -0.4 is 14.4 Å². The van der Waals surface area contributed by atoms with Gasteiger partial charge in [0.25, 0.3) is 23.6 Å². The van der Waals surface area contributed by atoms with Crippen molar-refractivity contribution in [1.82, 2.24) is 4.90 Å². The molecule has 2 heterocycles. The van der Waals surface area contributed by atoms with Crippen molar-refractivity contribution in [3.63, 3.8) is 0 Å². The molecule has 0 saturated carbocycles. The van der Waals surface area contributed by atoms with Crippen molar-refractivity contribution < 1.29 is 56.2 Å². The molecule has 0 spiro atoms. The van der Waals surface area contributed by atoms with Gasteiger partial charge in [-0.1, -0.05) is 30.3 Å². The van der Waals surface area contributed by atoms with Crippen molar-refractivity contribution in [3.8, 4) is 11.5 Å². The minimum atomic E-state index is -4.95. The highest BCUT2D eigenvalue weighted by Crippen LogP contribution is 2.49. The number of carbonyl (C=O) groups excluding carboxylic acids is 7. The molecule has 4 aromatic rings. The summed E-state index contributed by atoms with van der Waals surface area (Å²) in [6, 6.07) is 14.2. The molecule has 0 saturated heterocycles. The molecule has 14 heteroatoms. The molecule has 264 valence electrons. The molecule has 0 fully saturated rings. The Kier molecular flexibility index (Phi) is 8.44. The number of amides is 4. The van der Waals surface area contributed by atoms with Gasteiger partial charge in [-0.15, -0.1) is 0 Å². The quantitative estimate of drug-likeness (QED) is 0.0980. The van der Waals surface area contributed by atoms with Gasteiger partial charge < -0.3 is 9.47 Å². The summed E-state index contributed by atoms with van der Waals surface area (Å²) in [5, 5.41) is 0. The highest BCUT2D eigenvalue weighted by atomic mass is 19.4. The van der Waals surface area contributed by atoms with E-state index in [4.69, 9.17) is 9.47 Å². The van der Waals surface area contributed by atoms with E-state index in [0.717, 1.165) is 56.0 Å². The van der Waals surface area contributed by atoms with E-state index in [-0.39, 0.29) is 56.0 Å². The number of ketones is 1. The Morgan fingerprint density at radius 3 is 1.62 bits per heavy atom. The van der Waals surface area contributed by atoms with E-state index in [1.807, 2.05) is 0 Å². The molecule has 0 aromatic heterocycles. The average molecular weight is 713 g/mol. The Bertz CT molecular complexity index is 2310. The van der Waals surface area contributed by atoms with Crippen LogP contribution in [-0.4, -0.2) is 59.5 Å². The molecular weight excluding hydrogens is 685 g/mol. The van der Waals surface area contributed by atoms with E-state index in [1.165, 1.54) is 56.4 Å². The normalized spacial score (nSPS) is 15.0. The lowest BCUT2D eigenvalue weighted by Gasteiger charge is -2.34. The monoisotopic (exact) mass is 712 g/mol. The molecule has 1 atom stereocenters. The number of hydrogen-bond donors (Lipinski definition) is 0. The summed E-state index contributed by atoms with van der Waals surface area (Å²) in [5.74, 6) is -5.59. The molecule has 0 aliphatic carbocycles. The van der Waals surface area contributed by atoms with Crippen LogP contribution in [0.2, 0.25) is 0 Å². The second kappa shape index (κ2) is 12.4. The first kappa shape index (κ1) is 35.4. The lowest BCUT2D eigenvalue weighted by molar-refractivity contribution is -0.173. The van der Waals surface area contributed by atoms with Gasteiger partial charge in [-0.25, -0.2) is 4.90 Å². The Morgan fingerprint density at radius 1 is 0.615 bits per heavy atom. The van der Waals surface area contributed by atoms with Crippen molar-refractivity contribution in [1.29, 1.82) is 0 Å². The topological polar surface area (TPSA) is 144 Å². The van der Waals surface area contributed by atoms with Crippen molar-refractivity contribution in [2.24, 2.45) is 0 Å². The van der Waals surface area contributed by atoms with E-state index >= 15 is 13.2 Å². The van der Waals surface area contributed by atoms with E-state index < -0.39 is 64.2 Å². The van der Waals surface area contributed by atoms with E-state index in [0.29, 0.717) is 4.90 Å². The Morgan fingerprint density at radius 2 is 1.08 bits per heavy atom. The molecule has 4 aromatic carbocycles. The van der Waals surface area contributed by atoms with Gasteiger partial charge in [0.1, 0.15) is 11.2 Å². The van der Waals surface area contributed by atoms with Crippen LogP contribution in [0.1, 0.15) is 94.8 Å². The zero-order valence-electron chi connectivity index (χ0n) is 28.1. The summed E-state index contributed by atoms with van der Waals surface area (Å²) in [4.78, 5) is 91.0. The first-order valence-corrected chi connectivity index (χ1v) is 15.6. The lowest BCUT2D eigenvalue weighted by atomic mass is 9.75. The van der Waals surface area contributed by atoms with Crippen LogP contribution >= 0.6 is 0 Å². The average Bonchev–Trinajstić information content (AvgIpc) is 3.46. The van der Waals surface area contributed by atoms with E-state index in [2.05, 4.69) is 0 Å². The van der Waals surface area contributed by atoms with Crippen LogP contribution in [0.5, 0.6) is 11.5 Å². The fourth-order valence-corrected chi connectivity index (χ4v) is 6.24. The molecule has 1 unspecified atom stereocenters. The second-order valence-electron chi connectivity index (χ2n) is 12.4. The third-order valence-corrected chi connectivity index (χ3v) is 9.10. The second-order valence-corrected chi connectivity index (χ2v) is 12.4. The fraction of sp³-hybridized carbons (Fsp3) is 0.184. The van der Waals surface area contributed by atoms with Crippen molar-refractivity contribution >= 4 is 47.0 Å². The summed E-state index contributed by atoms with van der Waals surface area (Å²) in [7, 11) is 1.30. The fourth-order valence-electron chi connectivity index (χ4n) is 6.24. The minimum Gasteiger partial charge on any atom is -0.426 e. The van der Waals surface area contributed by atoms with Gasteiger partial charge in [-0.2, -0.15) is 13.2 Å². The van der Waals surface area contributed by atoms with Gasteiger partial charge in [0.15, 0.2) is 11.5 Å².